The highest BCUT2D eigenvalue weighted by atomic mass is 16.1. The van der Waals surface area contributed by atoms with Crippen LogP contribution in [0.4, 0.5) is 0 Å². The van der Waals surface area contributed by atoms with Crippen LogP contribution in [-0.2, 0) is 17.8 Å². The summed E-state index contributed by atoms with van der Waals surface area (Å²) < 4.78 is 0. The van der Waals surface area contributed by atoms with Crippen LogP contribution in [0.5, 0.6) is 0 Å². The number of hydrogen-bond acceptors (Lipinski definition) is 2. The third-order valence-corrected chi connectivity index (χ3v) is 4.00. The predicted molar refractivity (Wildman–Crippen MR) is 74.6 cm³/mol. The summed E-state index contributed by atoms with van der Waals surface area (Å²) in [6.45, 7) is 3.17. The van der Waals surface area contributed by atoms with Crippen molar-refractivity contribution < 1.29 is 4.79 Å². The monoisotopic (exact) mass is 245 g/mol. The Morgan fingerprint density at radius 3 is 2.22 bits per heavy atom. The maximum Gasteiger partial charge on any atom is 0.133 e. The Labute approximate surface area is 110 Å². The molecular formula is C16H23NO. The summed E-state index contributed by atoms with van der Waals surface area (Å²) in [4.78, 5) is 13.6. The third-order valence-electron chi connectivity index (χ3n) is 4.00. The highest BCUT2D eigenvalue weighted by Crippen LogP contribution is 2.21. The van der Waals surface area contributed by atoms with E-state index in [9.17, 15) is 4.79 Å². The highest BCUT2D eigenvalue weighted by Gasteiger charge is 2.21. The van der Waals surface area contributed by atoms with Gasteiger partial charge in [-0.05, 0) is 37.4 Å². The molecule has 0 heterocycles. The lowest BCUT2D eigenvalue weighted by Crippen LogP contribution is -2.34. The molecule has 1 aromatic rings. The summed E-state index contributed by atoms with van der Waals surface area (Å²) in [6, 6.07) is 9.46. The molecule has 0 bridgehead atoms. The molecule has 0 amide bonds. The summed E-state index contributed by atoms with van der Waals surface area (Å²) in [5, 5.41) is 0. The van der Waals surface area contributed by atoms with Gasteiger partial charge in [0.05, 0.1) is 0 Å². The van der Waals surface area contributed by atoms with Gasteiger partial charge in [-0.2, -0.15) is 0 Å². The van der Waals surface area contributed by atoms with Gasteiger partial charge in [0.25, 0.3) is 0 Å². The molecule has 18 heavy (non-hydrogen) atoms. The van der Waals surface area contributed by atoms with E-state index in [2.05, 4.69) is 43.1 Å². The second-order valence-electron chi connectivity index (χ2n) is 5.36. The Bertz CT molecular complexity index is 386. The molecule has 1 aliphatic carbocycles. The largest absolute Gasteiger partial charge is 0.300 e. The zero-order valence-electron chi connectivity index (χ0n) is 11.5. The topological polar surface area (TPSA) is 20.3 Å². The van der Waals surface area contributed by atoms with Crippen molar-refractivity contribution in [3.8, 4) is 0 Å². The van der Waals surface area contributed by atoms with E-state index in [1.54, 1.807) is 0 Å². The van der Waals surface area contributed by atoms with Gasteiger partial charge in [-0.3, -0.25) is 9.69 Å². The summed E-state index contributed by atoms with van der Waals surface area (Å²) in [6.07, 6.45) is 4.69. The van der Waals surface area contributed by atoms with E-state index in [4.69, 9.17) is 0 Å². The number of aryl methyl sites for hydroxylation is 1. The number of carbonyl (C=O) groups is 1. The molecule has 2 rings (SSSR count). The van der Waals surface area contributed by atoms with Crippen molar-refractivity contribution >= 4 is 5.78 Å². The second-order valence-corrected chi connectivity index (χ2v) is 5.36. The third kappa shape index (κ3) is 3.42. The Hall–Kier alpha value is -1.15. The molecule has 1 fully saturated rings. The van der Waals surface area contributed by atoms with Crippen LogP contribution in [0, 0.1) is 0 Å². The van der Waals surface area contributed by atoms with Crippen LogP contribution in [0.3, 0.4) is 0 Å². The van der Waals surface area contributed by atoms with Gasteiger partial charge in [-0.1, -0.05) is 31.2 Å². The lowest BCUT2D eigenvalue weighted by Gasteiger charge is -2.30. The van der Waals surface area contributed by atoms with Gasteiger partial charge in [0.1, 0.15) is 5.78 Å². The van der Waals surface area contributed by atoms with E-state index < -0.39 is 0 Å². The molecule has 0 aliphatic heterocycles. The minimum atomic E-state index is 0.437. The van der Waals surface area contributed by atoms with E-state index in [1.165, 1.54) is 11.1 Å². The first kappa shape index (κ1) is 13.3. The van der Waals surface area contributed by atoms with Crippen molar-refractivity contribution in [3.05, 3.63) is 35.4 Å². The molecule has 0 spiro atoms. The van der Waals surface area contributed by atoms with Crippen molar-refractivity contribution in [2.75, 3.05) is 7.05 Å². The molecule has 1 aliphatic rings. The minimum absolute atomic E-state index is 0.437. The van der Waals surface area contributed by atoms with Gasteiger partial charge in [0.15, 0.2) is 0 Å². The van der Waals surface area contributed by atoms with Crippen LogP contribution in [-0.4, -0.2) is 23.8 Å². The van der Waals surface area contributed by atoms with E-state index in [0.717, 1.165) is 38.6 Å². The first-order valence-corrected chi connectivity index (χ1v) is 6.98. The zero-order valence-corrected chi connectivity index (χ0v) is 11.5. The molecule has 1 aromatic carbocycles. The normalized spacial score (nSPS) is 17.4. The van der Waals surface area contributed by atoms with Gasteiger partial charge < -0.3 is 0 Å². The smallest absolute Gasteiger partial charge is 0.133 e. The van der Waals surface area contributed by atoms with Crippen LogP contribution in [0.25, 0.3) is 0 Å². The first-order chi connectivity index (χ1) is 8.69. The van der Waals surface area contributed by atoms with Crippen LogP contribution in [0.1, 0.15) is 43.7 Å². The second kappa shape index (κ2) is 6.14. The maximum atomic E-state index is 11.2. The lowest BCUT2D eigenvalue weighted by atomic mass is 9.93. The standard InChI is InChI=1S/C16H23NO/c1-3-13-4-6-14(7-5-13)12-17(2)15-8-10-16(18)11-9-15/h4-7,15H,3,8-12H2,1-2H3. The molecule has 1 saturated carbocycles. The number of carbonyl (C=O) groups excluding carboxylic acids is 1. The minimum Gasteiger partial charge on any atom is -0.300 e. The molecule has 2 nitrogen and oxygen atoms in total. The molecule has 0 saturated heterocycles. The van der Waals surface area contributed by atoms with Crippen LogP contribution >= 0.6 is 0 Å². The molecule has 0 unspecified atom stereocenters. The predicted octanol–water partition coefficient (Wildman–Crippen LogP) is 3.19. The van der Waals surface area contributed by atoms with Gasteiger partial charge in [-0.25, -0.2) is 0 Å². The molecular weight excluding hydrogens is 222 g/mol. The van der Waals surface area contributed by atoms with Gasteiger partial charge >= 0.3 is 0 Å². The molecule has 2 heteroatoms. The number of benzene rings is 1. The van der Waals surface area contributed by atoms with Crippen LogP contribution in [0.15, 0.2) is 24.3 Å². The van der Waals surface area contributed by atoms with Crippen molar-refractivity contribution in [2.24, 2.45) is 0 Å². The maximum absolute atomic E-state index is 11.2. The number of ketones is 1. The molecule has 0 aromatic heterocycles. The quantitative estimate of drug-likeness (QED) is 0.812. The summed E-state index contributed by atoms with van der Waals surface area (Å²) >= 11 is 0. The number of hydrogen-bond donors (Lipinski definition) is 0. The fourth-order valence-corrected chi connectivity index (χ4v) is 2.66. The average molecular weight is 245 g/mol. The van der Waals surface area contributed by atoms with Crippen molar-refractivity contribution in [3.63, 3.8) is 0 Å². The SMILES string of the molecule is CCc1ccc(CN(C)C2CCC(=O)CC2)cc1. The molecule has 98 valence electrons. The van der Waals surface area contributed by atoms with Crippen molar-refractivity contribution in [1.29, 1.82) is 0 Å². The number of rotatable bonds is 4. The lowest BCUT2D eigenvalue weighted by molar-refractivity contribution is -0.121. The zero-order chi connectivity index (χ0) is 13.0. The Kier molecular flexibility index (Phi) is 4.54. The summed E-state index contributed by atoms with van der Waals surface area (Å²) in [7, 11) is 2.17. The van der Waals surface area contributed by atoms with E-state index in [0.29, 0.717) is 11.8 Å². The first-order valence-electron chi connectivity index (χ1n) is 6.98. The molecule has 0 N–H and O–H groups in total. The number of Topliss-reactive ketones (excluding diaryl/α,β-unsaturated/α-hetero) is 1. The summed E-state index contributed by atoms with van der Waals surface area (Å²) in [5.74, 6) is 0.437. The molecule has 0 atom stereocenters. The van der Waals surface area contributed by atoms with Crippen molar-refractivity contribution in [1.82, 2.24) is 4.90 Å². The van der Waals surface area contributed by atoms with E-state index >= 15 is 0 Å². The average Bonchev–Trinajstić information content (AvgIpc) is 2.40. The fourth-order valence-electron chi connectivity index (χ4n) is 2.66. The van der Waals surface area contributed by atoms with Crippen LogP contribution < -0.4 is 0 Å². The van der Waals surface area contributed by atoms with E-state index in [-0.39, 0.29) is 0 Å². The Morgan fingerprint density at radius 1 is 1.11 bits per heavy atom. The van der Waals surface area contributed by atoms with E-state index in [1.807, 2.05) is 0 Å². The Morgan fingerprint density at radius 2 is 1.67 bits per heavy atom. The van der Waals surface area contributed by atoms with Gasteiger partial charge in [-0.15, -0.1) is 0 Å². The highest BCUT2D eigenvalue weighted by molar-refractivity contribution is 5.79. The molecule has 0 radical (unpaired) electrons. The van der Waals surface area contributed by atoms with Gasteiger partial charge in [0.2, 0.25) is 0 Å². The van der Waals surface area contributed by atoms with Crippen LogP contribution in [0.2, 0.25) is 0 Å². The van der Waals surface area contributed by atoms with Crippen molar-refractivity contribution in [2.45, 2.75) is 51.6 Å². The fraction of sp³-hybridized carbons (Fsp3) is 0.562. The number of nitrogens with zero attached hydrogens (tertiary/aromatic N) is 1. The van der Waals surface area contributed by atoms with Gasteiger partial charge in [0, 0.05) is 25.4 Å². The Balaban J connectivity index is 1.89. The summed E-state index contributed by atoms with van der Waals surface area (Å²) in [5.41, 5.74) is 2.76.